The standard InChI is InChI=1S/C19H28N2O2/c1-2-21-12-6-9-17(21)15-20-18(22)19(10-13-23-14-11-19)16-7-4-3-5-8-16/h3-5,7-8,17H,2,6,9-15H2,1H3,(H,20,22)/t17-/m1/s1. The number of hydrogen-bond acceptors (Lipinski definition) is 3. The maximum atomic E-state index is 13.1. The van der Waals surface area contributed by atoms with Crippen LogP contribution in [-0.2, 0) is 14.9 Å². The lowest BCUT2D eigenvalue weighted by Gasteiger charge is -2.37. The first-order chi connectivity index (χ1) is 11.3. The number of hydrogen-bond donors (Lipinski definition) is 1. The summed E-state index contributed by atoms with van der Waals surface area (Å²) >= 11 is 0. The molecule has 1 aromatic rings. The molecule has 0 saturated carbocycles. The van der Waals surface area contributed by atoms with E-state index in [0.29, 0.717) is 19.3 Å². The lowest BCUT2D eigenvalue weighted by molar-refractivity contribution is -0.130. The molecule has 0 spiro atoms. The van der Waals surface area contributed by atoms with Crippen LogP contribution >= 0.6 is 0 Å². The van der Waals surface area contributed by atoms with Crippen molar-refractivity contribution in [1.82, 2.24) is 10.2 Å². The van der Waals surface area contributed by atoms with Crippen molar-refractivity contribution in [2.75, 3.05) is 32.8 Å². The van der Waals surface area contributed by atoms with Crippen molar-refractivity contribution in [2.24, 2.45) is 0 Å². The summed E-state index contributed by atoms with van der Waals surface area (Å²) in [7, 11) is 0. The van der Waals surface area contributed by atoms with E-state index in [1.165, 1.54) is 12.8 Å². The van der Waals surface area contributed by atoms with Gasteiger partial charge in [0.25, 0.3) is 0 Å². The Labute approximate surface area is 139 Å². The molecule has 23 heavy (non-hydrogen) atoms. The van der Waals surface area contributed by atoms with E-state index >= 15 is 0 Å². The second-order valence-electron chi connectivity index (χ2n) is 6.70. The SMILES string of the molecule is CCN1CCC[C@@H]1CNC(=O)C1(c2ccccc2)CCOCC1. The predicted molar refractivity (Wildman–Crippen MR) is 91.5 cm³/mol. The summed E-state index contributed by atoms with van der Waals surface area (Å²) in [5, 5.41) is 3.26. The topological polar surface area (TPSA) is 41.6 Å². The van der Waals surface area contributed by atoms with E-state index in [4.69, 9.17) is 4.74 Å². The molecule has 0 radical (unpaired) electrons. The Morgan fingerprint density at radius 3 is 2.74 bits per heavy atom. The minimum Gasteiger partial charge on any atom is -0.381 e. The van der Waals surface area contributed by atoms with Gasteiger partial charge in [0.2, 0.25) is 5.91 Å². The molecule has 2 saturated heterocycles. The van der Waals surface area contributed by atoms with E-state index in [-0.39, 0.29) is 5.91 Å². The smallest absolute Gasteiger partial charge is 0.230 e. The lowest BCUT2D eigenvalue weighted by Crippen LogP contribution is -2.50. The van der Waals surface area contributed by atoms with Crippen molar-refractivity contribution in [3.8, 4) is 0 Å². The van der Waals surface area contributed by atoms with Gasteiger partial charge in [0.05, 0.1) is 5.41 Å². The monoisotopic (exact) mass is 316 g/mol. The van der Waals surface area contributed by atoms with Crippen LogP contribution < -0.4 is 5.32 Å². The van der Waals surface area contributed by atoms with Crippen LogP contribution in [0.3, 0.4) is 0 Å². The predicted octanol–water partition coefficient (Wildman–Crippen LogP) is 2.34. The van der Waals surface area contributed by atoms with Crippen LogP contribution in [0.15, 0.2) is 30.3 Å². The second-order valence-corrected chi connectivity index (χ2v) is 6.70. The lowest BCUT2D eigenvalue weighted by atomic mass is 9.73. The molecule has 3 rings (SSSR count). The van der Waals surface area contributed by atoms with Gasteiger partial charge in [0.15, 0.2) is 0 Å². The Kier molecular flexibility index (Phi) is 5.34. The van der Waals surface area contributed by atoms with Crippen molar-refractivity contribution in [1.29, 1.82) is 0 Å². The maximum absolute atomic E-state index is 13.1. The first-order valence-electron chi connectivity index (χ1n) is 8.92. The number of benzene rings is 1. The summed E-state index contributed by atoms with van der Waals surface area (Å²) in [6.07, 6.45) is 3.97. The number of nitrogens with zero attached hydrogens (tertiary/aromatic N) is 1. The van der Waals surface area contributed by atoms with E-state index in [2.05, 4.69) is 29.3 Å². The summed E-state index contributed by atoms with van der Waals surface area (Å²) in [4.78, 5) is 15.6. The maximum Gasteiger partial charge on any atom is 0.230 e. The molecule has 126 valence electrons. The van der Waals surface area contributed by atoms with Gasteiger partial charge < -0.3 is 10.1 Å². The molecule has 0 bridgehead atoms. The van der Waals surface area contributed by atoms with E-state index in [9.17, 15) is 4.79 Å². The van der Waals surface area contributed by atoms with Gasteiger partial charge in [-0.25, -0.2) is 0 Å². The molecule has 1 atom stereocenters. The normalized spacial score (nSPS) is 24.5. The molecule has 4 nitrogen and oxygen atoms in total. The molecule has 1 aromatic carbocycles. The van der Waals surface area contributed by atoms with Crippen LogP contribution in [0.2, 0.25) is 0 Å². The van der Waals surface area contributed by atoms with Crippen LogP contribution in [0, 0.1) is 0 Å². The highest BCUT2D eigenvalue weighted by molar-refractivity contribution is 5.88. The Balaban J connectivity index is 1.71. The minimum atomic E-state index is -0.421. The Morgan fingerprint density at radius 2 is 2.04 bits per heavy atom. The van der Waals surface area contributed by atoms with Gasteiger partial charge in [-0.15, -0.1) is 0 Å². The third kappa shape index (κ3) is 3.43. The molecule has 4 heteroatoms. The van der Waals surface area contributed by atoms with Crippen molar-refractivity contribution >= 4 is 5.91 Å². The van der Waals surface area contributed by atoms with E-state index < -0.39 is 5.41 Å². The highest BCUT2D eigenvalue weighted by atomic mass is 16.5. The van der Waals surface area contributed by atoms with E-state index in [0.717, 1.165) is 38.0 Å². The molecule has 2 aliphatic heterocycles. The van der Waals surface area contributed by atoms with Gasteiger partial charge in [-0.1, -0.05) is 37.3 Å². The molecule has 1 N–H and O–H groups in total. The average molecular weight is 316 g/mol. The molecular formula is C19H28N2O2. The van der Waals surface area contributed by atoms with Gasteiger partial charge in [-0.2, -0.15) is 0 Å². The molecule has 0 unspecified atom stereocenters. The zero-order chi connectivity index (χ0) is 16.1. The summed E-state index contributed by atoms with van der Waals surface area (Å²) in [5.41, 5.74) is 0.703. The summed E-state index contributed by atoms with van der Waals surface area (Å²) < 4.78 is 5.52. The molecule has 2 aliphatic rings. The highest BCUT2D eigenvalue weighted by Gasteiger charge is 2.41. The largest absolute Gasteiger partial charge is 0.381 e. The number of likely N-dealkylation sites (N-methyl/N-ethyl adjacent to an activating group) is 1. The number of likely N-dealkylation sites (tertiary alicyclic amines) is 1. The first-order valence-corrected chi connectivity index (χ1v) is 8.92. The van der Waals surface area contributed by atoms with Gasteiger partial charge in [0, 0.05) is 25.8 Å². The third-order valence-corrected chi connectivity index (χ3v) is 5.51. The molecule has 1 amide bonds. The summed E-state index contributed by atoms with van der Waals surface area (Å²) in [5.74, 6) is 0.176. The molecule has 0 aliphatic carbocycles. The highest BCUT2D eigenvalue weighted by Crippen LogP contribution is 2.35. The van der Waals surface area contributed by atoms with Crippen LogP contribution in [0.1, 0.15) is 38.2 Å². The van der Waals surface area contributed by atoms with Crippen molar-refractivity contribution in [2.45, 2.75) is 44.1 Å². The Hall–Kier alpha value is -1.39. The summed E-state index contributed by atoms with van der Waals surface area (Å²) in [6, 6.07) is 10.7. The first kappa shape index (κ1) is 16.5. The van der Waals surface area contributed by atoms with E-state index in [1.807, 2.05) is 18.2 Å². The number of nitrogens with one attached hydrogen (secondary N) is 1. The number of ether oxygens (including phenoxy) is 1. The molecule has 2 fully saturated rings. The number of carbonyl (C=O) groups excluding carboxylic acids is 1. The number of carbonyl (C=O) groups is 1. The minimum absolute atomic E-state index is 0.176. The van der Waals surface area contributed by atoms with Gasteiger partial charge in [0.1, 0.15) is 0 Å². The quantitative estimate of drug-likeness (QED) is 0.906. The van der Waals surface area contributed by atoms with Gasteiger partial charge >= 0.3 is 0 Å². The van der Waals surface area contributed by atoms with Crippen molar-refractivity contribution in [3.63, 3.8) is 0 Å². The molecule has 2 heterocycles. The number of amides is 1. The fourth-order valence-corrected chi connectivity index (χ4v) is 4.05. The Bertz CT molecular complexity index is 511. The van der Waals surface area contributed by atoms with Gasteiger partial charge in [-0.05, 0) is 44.3 Å². The molecule has 0 aromatic heterocycles. The van der Waals surface area contributed by atoms with Gasteiger partial charge in [-0.3, -0.25) is 9.69 Å². The van der Waals surface area contributed by atoms with Crippen molar-refractivity contribution in [3.05, 3.63) is 35.9 Å². The zero-order valence-electron chi connectivity index (χ0n) is 14.1. The fraction of sp³-hybridized carbons (Fsp3) is 0.632. The third-order valence-electron chi connectivity index (χ3n) is 5.51. The van der Waals surface area contributed by atoms with Crippen molar-refractivity contribution < 1.29 is 9.53 Å². The second kappa shape index (κ2) is 7.45. The average Bonchev–Trinajstić information content (AvgIpc) is 3.08. The van der Waals surface area contributed by atoms with Crippen LogP contribution in [-0.4, -0.2) is 49.7 Å². The molecular weight excluding hydrogens is 288 g/mol. The number of rotatable bonds is 5. The van der Waals surface area contributed by atoms with Crippen LogP contribution in [0.4, 0.5) is 0 Å². The fourth-order valence-electron chi connectivity index (χ4n) is 4.05. The zero-order valence-corrected chi connectivity index (χ0v) is 14.1. The van der Waals surface area contributed by atoms with Crippen LogP contribution in [0.5, 0.6) is 0 Å². The summed E-state index contributed by atoms with van der Waals surface area (Å²) in [6.45, 7) is 6.51. The Morgan fingerprint density at radius 1 is 1.30 bits per heavy atom. The van der Waals surface area contributed by atoms with Crippen LogP contribution in [0.25, 0.3) is 0 Å². The van der Waals surface area contributed by atoms with E-state index in [1.54, 1.807) is 0 Å².